The Morgan fingerprint density at radius 2 is 0.929 bits per heavy atom. The van der Waals surface area contributed by atoms with Crippen molar-refractivity contribution in [2.45, 2.75) is 136 Å². The molecule has 0 aliphatic carbocycles. The molecule has 5 heteroatoms. The number of hydrogen-bond donors (Lipinski definition) is 1. The van der Waals surface area contributed by atoms with Crippen molar-refractivity contribution in [3.05, 3.63) is 0 Å². The van der Waals surface area contributed by atoms with E-state index in [2.05, 4.69) is 18.0 Å². The Bertz CT molecular complexity index is 409. The van der Waals surface area contributed by atoms with Gasteiger partial charge in [-0.15, -0.1) is 0 Å². The van der Waals surface area contributed by atoms with Crippen LogP contribution in [0.5, 0.6) is 0 Å². The van der Waals surface area contributed by atoms with Crippen molar-refractivity contribution in [2.24, 2.45) is 5.92 Å². The van der Waals surface area contributed by atoms with E-state index in [1.165, 1.54) is 96.3 Å². The Hall–Kier alpha value is -0.130. The smallest absolute Gasteiger partial charge is 0.264 e. The molecule has 4 nitrogen and oxygen atoms in total. The van der Waals surface area contributed by atoms with Gasteiger partial charge in [0, 0.05) is 0 Å². The van der Waals surface area contributed by atoms with Gasteiger partial charge in [0.25, 0.3) is 0 Å². The number of rotatable bonds is 22. The molecular weight excluding hydrogens is 372 g/mol. The Morgan fingerprint density at radius 3 is 1.25 bits per heavy atom. The second-order valence-electron chi connectivity index (χ2n) is 8.46. The standard InChI is InChI=1S/C23H48O4S/c1-3-5-7-9-10-11-12-13-14-15-17-19-21-23(22-27-28(24,25)26)20-18-16-8-6-4-2/h23H,3-22H2,1-2H3,(H,24,25,26). The minimum atomic E-state index is -4.31. The number of hydrogen-bond acceptors (Lipinski definition) is 3. The molecule has 0 spiro atoms. The van der Waals surface area contributed by atoms with Gasteiger partial charge in [0.1, 0.15) is 0 Å². The highest BCUT2D eigenvalue weighted by atomic mass is 32.3. The topological polar surface area (TPSA) is 63.6 Å². The van der Waals surface area contributed by atoms with Gasteiger partial charge in [-0.2, -0.15) is 8.42 Å². The van der Waals surface area contributed by atoms with Crippen molar-refractivity contribution in [1.29, 1.82) is 0 Å². The molecule has 0 heterocycles. The van der Waals surface area contributed by atoms with Crippen LogP contribution in [-0.2, 0) is 14.6 Å². The lowest BCUT2D eigenvalue weighted by molar-refractivity contribution is 0.204. The molecule has 1 atom stereocenters. The first-order valence-electron chi connectivity index (χ1n) is 12.1. The summed E-state index contributed by atoms with van der Waals surface area (Å²) in [5.41, 5.74) is 0. The third kappa shape index (κ3) is 22.2. The largest absolute Gasteiger partial charge is 0.397 e. The second-order valence-corrected chi connectivity index (χ2v) is 9.55. The van der Waals surface area contributed by atoms with E-state index < -0.39 is 10.4 Å². The molecule has 170 valence electrons. The van der Waals surface area contributed by atoms with Gasteiger partial charge in [0.15, 0.2) is 0 Å². The minimum absolute atomic E-state index is 0.130. The molecular formula is C23H48O4S. The van der Waals surface area contributed by atoms with Gasteiger partial charge in [0.2, 0.25) is 0 Å². The molecule has 0 saturated heterocycles. The first-order chi connectivity index (χ1) is 13.5. The normalized spacial score (nSPS) is 13.1. The maximum absolute atomic E-state index is 10.9. The summed E-state index contributed by atoms with van der Waals surface area (Å²) < 4.78 is 35.2. The minimum Gasteiger partial charge on any atom is -0.264 e. The lowest BCUT2D eigenvalue weighted by Gasteiger charge is -2.16. The molecule has 0 aromatic carbocycles. The van der Waals surface area contributed by atoms with E-state index in [9.17, 15) is 8.42 Å². The van der Waals surface area contributed by atoms with Crippen LogP contribution in [0.25, 0.3) is 0 Å². The van der Waals surface area contributed by atoms with Gasteiger partial charge in [-0.25, -0.2) is 4.18 Å². The predicted molar refractivity (Wildman–Crippen MR) is 120 cm³/mol. The molecule has 0 aliphatic heterocycles. The van der Waals surface area contributed by atoms with Crippen LogP contribution in [0.4, 0.5) is 0 Å². The fourth-order valence-electron chi connectivity index (χ4n) is 3.80. The molecule has 0 saturated carbocycles. The summed E-state index contributed by atoms with van der Waals surface area (Å²) in [5.74, 6) is 0.242. The maximum Gasteiger partial charge on any atom is 0.397 e. The van der Waals surface area contributed by atoms with Crippen molar-refractivity contribution in [2.75, 3.05) is 6.61 Å². The summed E-state index contributed by atoms with van der Waals surface area (Å²) in [6.07, 6.45) is 24.0. The monoisotopic (exact) mass is 420 g/mol. The average molecular weight is 421 g/mol. The molecule has 0 rings (SSSR count). The van der Waals surface area contributed by atoms with E-state index in [0.29, 0.717) is 0 Å². The van der Waals surface area contributed by atoms with E-state index in [1.807, 2.05) is 0 Å². The van der Waals surface area contributed by atoms with Crippen LogP contribution < -0.4 is 0 Å². The lowest BCUT2D eigenvalue weighted by atomic mass is 9.95. The van der Waals surface area contributed by atoms with E-state index in [-0.39, 0.29) is 12.5 Å². The van der Waals surface area contributed by atoms with E-state index in [0.717, 1.165) is 25.7 Å². The molecule has 0 aromatic heterocycles. The zero-order chi connectivity index (χ0) is 20.9. The van der Waals surface area contributed by atoms with Gasteiger partial charge >= 0.3 is 10.4 Å². The van der Waals surface area contributed by atoms with Crippen LogP contribution in [-0.4, -0.2) is 19.6 Å². The van der Waals surface area contributed by atoms with Crippen LogP contribution >= 0.6 is 0 Å². The van der Waals surface area contributed by atoms with E-state index >= 15 is 0 Å². The van der Waals surface area contributed by atoms with Crippen molar-refractivity contribution in [1.82, 2.24) is 0 Å². The zero-order valence-electron chi connectivity index (χ0n) is 18.8. The van der Waals surface area contributed by atoms with Crippen LogP contribution in [0.2, 0.25) is 0 Å². The van der Waals surface area contributed by atoms with Crippen molar-refractivity contribution in [3.63, 3.8) is 0 Å². The molecule has 0 aromatic rings. The summed E-state index contributed by atoms with van der Waals surface area (Å²) >= 11 is 0. The average Bonchev–Trinajstić information content (AvgIpc) is 2.65. The molecule has 0 bridgehead atoms. The van der Waals surface area contributed by atoms with E-state index in [4.69, 9.17) is 4.55 Å². The third-order valence-corrected chi connectivity index (χ3v) is 6.07. The Labute approximate surface area is 176 Å². The van der Waals surface area contributed by atoms with Crippen molar-refractivity contribution in [3.8, 4) is 0 Å². The van der Waals surface area contributed by atoms with Crippen molar-refractivity contribution < 1.29 is 17.2 Å². The van der Waals surface area contributed by atoms with Gasteiger partial charge in [-0.1, -0.05) is 123 Å². The third-order valence-electron chi connectivity index (χ3n) is 5.63. The van der Waals surface area contributed by atoms with Gasteiger partial charge in [-0.05, 0) is 18.8 Å². The van der Waals surface area contributed by atoms with Crippen LogP contribution in [0.15, 0.2) is 0 Å². The summed E-state index contributed by atoms with van der Waals surface area (Å²) in [6.45, 7) is 4.60. The van der Waals surface area contributed by atoms with E-state index in [1.54, 1.807) is 0 Å². The fraction of sp³-hybridized carbons (Fsp3) is 1.00. The summed E-state index contributed by atoms with van der Waals surface area (Å²) in [4.78, 5) is 0. The Balaban J connectivity index is 3.70. The molecule has 0 aliphatic rings. The molecule has 1 N–H and O–H groups in total. The second kappa shape index (κ2) is 20.2. The molecule has 0 radical (unpaired) electrons. The number of unbranched alkanes of at least 4 members (excludes halogenated alkanes) is 15. The molecule has 0 fully saturated rings. The van der Waals surface area contributed by atoms with Crippen LogP contribution in [0.1, 0.15) is 136 Å². The van der Waals surface area contributed by atoms with Gasteiger partial charge < -0.3 is 0 Å². The summed E-state index contributed by atoms with van der Waals surface area (Å²) in [7, 11) is -4.31. The highest BCUT2D eigenvalue weighted by molar-refractivity contribution is 7.80. The van der Waals surface area contributed by atoms with Crippen molar-refractivity contribution >= 4 is 10.4 Å². The fourth-order valence-corrected chi connectivity index (χ4v) is 4.17. The quantitative estimate of drug-likeness (QED) is 0.143. The van der Waals surface area contributed by atoms with Gasteiger partial charge in [-0.3, -0.25) is 4.55 Å². The summed E-state index contributed by atoms with van der Waals surface area (Å²) in [6, 6.07) is 0. The van der Waals surface area contributed by atoms with Crippen LogP contribution in [0, 0.1) is 5.92 Å². The lowest BCUT2D eigenvalue weighted by Crippen LogP contribution is -2.14. The first kappa shape index (κ1) is 27.9. The maximum atomic E-state index is 10.9. The predicted octanol–water partition coefficient (Wildman–Crippen LogP) is 7.87. The van der Waals surface area contributed by atoms with Gasteiger partial charge in [0.05, 0.1) is 6.61 Å². The highest BCUT2D eigenvalue weighted by Gasteiger charge is 2.13. The molecule has 1 unspecified atom stereocenters. The summed E-state index contributed by atoms with van der Waals surface area (Å²) in [5, 5.41) is 0. The zero-order valence-corrected chi connectivity index (χ0v) is 19.6. The first-order valence-corrected chi connectivity index (χ1v) is 13.5. The highest BCUT2D eigenvalue weighted by Crippen LogP contribution is 2.20. The molecule has 28 heavy (non-hydrogen) atoms. The van der Waals surface area contributed by atoms with Crippen LogP contribution in [0.3, 0.4) is 0 Å². The Morgan fingerprint density at radius 1 is 0.607 bits per heavy atom. The Kier molecular flexibility index (Phi) is 20.1. The molecule has 0 amide bonds. The SMILES string of the molecule is CCCCCCCCCCCCCCC(CCCCCCC)COS(=O)(=O)O.